The molecule has 1 aliphatic heterocycles. The maximum absolute atomic E-state index is 13.5. The van der Waals surface area contributed by atoms with E-state index in [1.807, 2.05) is 38.1 Å². The molecule has 1 atom stereocenters. The van der Waals surface area contributed by atoms with E-state index >= 15 is 0 Å². The van der Waals surface area contributed by atoms with Crippen molar-refractivity contribution in [2.75, 3.05) is 25.2 Å². The summed E-state index contributed by atoms with van der Waals surface area (Å²) in [5, 5.41) is 11.5. The summed E-state index contributed by atoms with van der Waals surface area (Å²) in [4.78, 5) is 28.4. The number of carbonyl (C=O) groups is 2. The molecule has 1 aliphatic rings. The molecular formula is C32H35NO6. The monoisotopic (exact) mass is 529 g/mol. The smallest absolute Gasteiger partial charge is 0.300 e. The molecule has 1 amide bonds. The van der Waals surface area contributed by atoms with Crippen LogP contribution < -0.4 is 19.1 Å². The average Bonchev–Trinajstić information content (AvgIpc) is 3.20. The fourth-order valence-corrected chi connectivity index (χ4v) is 4.52. The van der Waals surface area contributed by atoms with Gasteiger partial charge in [-0.05, 0) is 85.0 Å². The topological polar surface area (TPSA) is 85.3 Å². The first-order valence-corrected chi connectivity index (χ1v) is 13.2. The number of ether oxygens (including phenoxy) is 3. The molecule has 3 aromatic rings. The van der Waals surface area contributed by atoms with Crippen molar-refractivity contribution in [2.45, 2.75) is 40.2 Å². The molecule has 7 nitrogen and oxygen atoms in total. The highest BCUT2D eigenvalue weighted by Gasteiger charge is 2.47. The molecule has 204 valence electrons. The zero-order chi connectivity index (χ0) is 28.1. The fourth-order valence-electron chi connectivity index (χ4n) is 4.52. The molecule has 39 heavy (non-hydrogen) atoms. The number of rotatable bonds is 10. The van der Waals surface area contributed by atoms with Crippen molar-refractivity contribution in [1.29, 1.82) is 0 Å². The number of hydrogen-bond donors (Lipinski definition) is 1. The van der Waals surface area contributed by atoms with Gasteiger partial charge in [0.2, 0.25) is 0 Å². The van der Waals surface area contributed by atoms with Gasteiger partial charge in [-0.1, -0.05) is 32.9 Å². The number of ketones is 1. The second-order valence-electron chi connectivity index (χ2n) is 9.97. The third-order valence-electron chi connectivity index (χ3n) is 6.46. The van der Waals surface area contributed by atoms with Gasteiger partial charge in [0.25, 0.3) is 11.7 Å². The predicted molar refractivity (Wildman–Crippen MR) is 152 cm³/mol. The molecule has 0 spiro atoms. The first-order valence-electron chi connectivity index (χ1n) is 13.2. The zero-order valence-corrected chi connectivity index (χ0v) is 23.1. The first-order chi connectivity index (χ1) is 18.7. The van der Waals surface area contributed by atoms with Gasteiger partial charge in [-0.3, -0.25) is 14.5 Å². The van der Waals surface area contributed by atoms with Gasteiger partial charge in [0.1, 0.15) is 23.0 Å². The standard InChI is InChI=1S/C32H35NO6/c1-6-16-38-26-9-7-8-22(18-26)29-28(30(34)23-10-15-27(21(4)17-23)39-19-20(2)3)31(35)32(36)33(29)24-11-13-25(37-5)14-12-24/h7-15,17-18,20,29,34H,6,16,19H2,1-5H3/b30-28+. The predicted octanol–water partition coefficient (Wildman–Crippen LogP) is 6.45. The average molecular weight is 530 g/mol. The number of benzene rings is 3. The molecule has 1 saturated heterocycles. The minimum absolute atomic E-state index is 0.0127. The van der Waals surface area contributed by atoms with Crippen LogP contribution in [0.25, 0.3) is 5.76 Å². The Hall–Kier alpha value is -4.26. The van der Waals surface area contributed by atoms with Gasteiger partial charge in [0.15, 0.2) is 0 Å². The Labute approximate surface area is 229 Å². The van der Waals surface area contributed by atoms with E-state index in [-0.39, 0.29) is 11.3 Å². The van der Waals surface area contributed by atoms with Crippen molar-refractivity contribution >= 4 is 23.1 Å². The molecule has 0 saturated carbocycles. The van der Waals surface area contributed by atoms with Gasteiger partial charge >= 0.3 is 0 Å². The van der Waals surface area contributed by atoms with Crippen LogP contribution in [0, 0.1) is 12.8 Å². The van der Waals surface area contributed by atoms with E-state index in [0.29, 0.717) is 53.2 Å². The summed E-state index contributed by atoms with van der Waals surface area (Å²) in [7, 11) is 1.56. The Balaban J connectivity index is 1.84. The summed E-state index contributed by atoms with van der Waals surface area (Å²) in [6.07, 6.45) is 0.838. The SMILES string of the molecule is CCCOc1cccc(C2/C(=C(\O)c3ccc(OCC(C)C)c(C)c3)C(=O)C(=O)N2c2ccc(OC)cc2)c1. The largest absolute Gasteiger partial charge is 0.507 e. The fraction of sp³-hybridized carbons (Fsp3) is 0.312. The molecule has 1 unspecified atom stereocenters. The molecule has 0 bridgehead atoms. The van der Waals surface area contributed by atoms with Crippen LogP contribution in [0.5, 0.6) is 17.2 Å². The van der Waals surface area contributed by atoms with Crippen LogP contribution >= 0.6 is 0 Å². The van der Waals surface area contributed by atoms with Crippen molar-refractivity contribution in [3.8, 4) is 17.2 Å². The number of aliphatic hydroxyl groups is 1. The van der Waals surface area contributed by atoms with Gasteiger partial charge in [-0.2, -0.15) is 0 Å². The lowest BCUT2D eigenvalue weighted by molar-refractivity contribution is -0.132. The maximum atomic E-state index is 13.5. The van der Waals surface area contributed by atoms with E-state index in [1.54, 1.807) is 49.6 Å². The normalized spacial score (nSPS) is 16.6. The number of aliphatic hydroxyl groups excluding tert-OH is 1. The Morgan fingerprint density at radius 3 is 2.36 bits per heavy atom. The summed E-state index contributed by atoms with van der Waals surface area (Å²) in [5.74, 6) is 0.591. The third kappa shape index (κ3) is 5.93. The Bertz CT molecular complexity index is 1380. The summed E-state index contributed by atoms with van der Waals surface area (Å²) in [5.41, 5.74) is 2.42. The lowest BCUT2D eigenvalue weighted by Crippen LogP contribution is -2.29. The lowest BCUT2D eigenvalue weighted by Gasteiger charge is -2.26. The van der Waals surface area contributed by atoms with E-state index in [1.165, 1.54) is 4.90 Å². The van der Waals surface area contributed by atoms with Crippen LogP contribution in [0.2, 0.25) is 0 Å². The molecule has 7 heteroatoms. The highest BCUT2D eigenvalue weighted by Crippen LogP contribution is 2.43. The molecule has 3 aromatic carbocycles. The Morgan fingerprint density at radius 1 is 0.974 bits per heavy atom. The van der Waals surface area contributed by atoms with Gasteiger partial charge < -0.3 is 19.3 Å². The Morgan fingerprint density at radius 2 is 1.72 bits per heavy atom. The summed E-state index contributed by atoms with van der Waals surface area (Å²) in [6, 6.07) is 18.6. The van der Waals surface area contributed by atoms with E-state index < -0.39 is 17.7 Å². The van der Waals surface area contributed by atoms with Crippen LogP contribution in [0.3, 0.4) is 0 Å². The molecule has 4 rings (SSSR count). The quantitative estimate of drug-likeness (QED) is 0.184. The van der Waals surface area contributed by atoms with Crippen molar-refractivity contribution in [2.24, 2.45) is 5.92 Å². The van der Waals surface area contributed by atoms with E-state index in [0.717, 1.165) is 12.0 Å². The van der Waals surface area contributed by atoms with Gasteiger partial charge in [-0.15, -0.1) is 0 Å². The molecule has 0 aliphatic carbocycles. The Kier molecular flexibility index (Phi) is 8.59. The van der Waals surface area contributed by atoms with Gasteiger partial charge in [0.05, 0.1) is 31.9 Å². The second kappa shape index (κ2) is 12.1. The van der Waals surface area contributed by atoms with E-state index in [2.05, 4.69) is 13.8 Å². The second-order valence-corrected chi connectivity index (χ2v) is 9.97. The number of nitrogens with zero attached hydrogens (tertiary/aromatic N) is 1. The first kappa shape index (κ1) is 27.8. The van der Waals surface area contributed by atoms with E-state index in [4.69, 9.17) is 14.2 Å². The maximum Gasteiger partial charge on any atom is 0.300 e. The highest BCUT2D eigenvalue weighted by atomic mass is 16.5. The molecule has 1 N–H and O–H groups in total. The van der Waals surface area contributed by atoms with Crippen LogP contribution in [0.4, 0.5) is 5.69 Å². The van der Waals surface area contributed by atoms with Crippen LogP contribution in [0.1, 0.15) is 49.9 Å². The lowest BCUT2D eigenvalue weighted by atomic mass is 9.94. The number of amides is 1. The number of hydrogen-bond acceptors (Lipinski definition) is 6. The highest BCUT2D eigenvalue weighted by molar-refractivity contribution is 6.51. The van der Waals surface area contributed by atoms with Crippen molar-refractivity contribution in [1.82, 2.24) is 0 Å². The summed E-state index contributed by atoms with van der Waals surface area (Å²) >= 11 is 0. The number of Topliss-reactive ketones (excluding diaryl/α,β-unsaturated/α-hetero) is 1. The van der Waals surface area contributed by atoms with Crippen LogP contribution in [-0.2, 0) is 9.59 Å². The van der Waals surface area contributed by atoms with Gasteiger partial charge in [0, 0.05) is 11.3 Å². The minimum atomic E-state index is -0.860. The zero-order valence-electron chi connectivity index (χ0n) is 23.1. The minimum Gasteiger partial charge on any atom is -0.507 e. The third-order valence-corrected chi connectivity index (χ3v) is 6.46. The van der Waals surface area contributed by atoms with E-state index in [9.17, 15) is 14.7 Å². The summed E-state index contributed by atoms with van der Waals surface area (Å²) < 4.78 is 17.0. The number of aryl methyl sites for hydroxylation is 1. The summed E-state index contributed by atoms with van der Waals surface area (Å²) in [6.45, 7) is 9.14. The number of anilines is 1. The molecule has 1 heterocycles. The molecule has 0 aromatic heterocycles. The van der Waals surface area contributed by atoms with Crippen LogP contribution in [0.15, 0.2) is 72.3 Å². The molecule has 0 radical (unpaired) electrons. The number of carbonyl (C=O) groups excluding carboxylic acids is 2. The van der Waals surface area contributed by atoms with Crippen molar-refractivity contribution in [3.05, 3.63) is 89.0 Å². The molecular weight excluding hydrogens is 494 g/mol. The van der Waals surface area contributed by atoms with Crippen molar-refractivity contribution in [3.63, 3.8) is 0 Å². The van der Waals surface area contributed by atoms with Crippen LogP contribution in [-0.4, -0.2) is 37.1 Å². The molecule has 1 fully saturated rings. The van der Waals surface area contributed by atoms with Crippen molar-refractivity contribution < 1.29 is 28.9 Å². The number of methoxy groups -OCH3 is 1. The van der Waals surface area contributed by atoms with Gasteiger partial charge in [-0.25, -0.2) is 0 Å².